The number of carbonyl (C=O) groups excluding carboxylic acids is 2. The van der Waals surface area contributed by atoms with Crippen molar-refractivity contribution in [3.63, 3.8) is 0 Å². The first-order valence-electron chi connectivity index (χ1n) is 15.3. The number of nitrogens with one attached hydrogen (secondary N) is 2. The van der Waals surface area contributed by atoms with Crippen LogP contribution in [-0.2, 0) is 16.1 Å². The van der Waals surface area contributed by atoms with E-state index in [0.29, 0.717) is 29.8 Å². The molecule has 2 amide bonds. The van der Waals surface area contributed by atoms with Crippen molar-refractivity contribution in [2.75, 3.05) is 19.6 Å². The number of aliphatic carboxylic acids is 1. The maximum atomic E-state index is 15.3. The molecule has 3 N–H and O–H groups in total. The number of carboxylic acids is 1. The van der Waals surface area contributed by atoms with Gasteiger partial charge < -0.3 is 25.2 Å². The molecule has 2 heterocycles. The second kappa shape index (κ2) is 14.8. The summed E-state index contributed by atoms with van der Waals surface area (Å²) in [6.07, 6.45) is 2.00. The number of pyridine rings is 1. The first kappa shape index (κ1) is 34.4. The van der Waals surface area contributed by atoms with Gasteiger partial charge >= 0.3 is 5.97 Å². The highest BCUT2D eigenvalue weighted by Crippen LogP contribution is 2.33. The van der Waals surface area contributed by atoms with Gasteiger partial charge in [0.25, 0.3) is 11.5 Å². The van der Waals surface area contributed by atoms with Crippen molar-refractivity contribution in [1.82, 2.24) is 20.1 Å². The van der Waals surface area contributed by atoms with E-state index >= 15 is 4.39 Å². The molecular weight excluding hydrogens is 601 g/mol. The number of likely N-dealkylation sites (tertiary alicyclic amines) is 1. The third kappa shape index (κ3) is 8.22. The van der Waals surface area contributed by atoms with E-state index in [0.717, 1.165) is 25.6 Å². The van der Waals surface area contributed by atoms with Crippen LogP contribution in [0, 0.1) is 37.2 Å². The van der Waals surface area contributed by atoms with Crippen LogP contribution < -0.4 is 16.2 Å². The van der Waals surface area contributed by atoms with E-state index < -0.39 is 64.9 Å². The number of rotatable bonds is 13. The summed E-state index contributed by atoms with van der Waals surface area (Å²) < 4.78 is 45.7. The van der Waals surface area contributed by atoms with Gasteiger partial charge in [0.1, 0.15) is 17.4 Å². The monoisotopic (exact) mass is 640 g/mol. The average molecular weight is 641 g/mol. The molecule has 2 atom stereocenters. The normalized spacial score (nSPS) is 14.4. The lowest BCUT2D eigenvalue weighted by Gasteiger charge is -2.30. The molecule has 0 spiro atoms. The van der Waals surface area contributed by atoms with Crippen LogP contribution in [-0.4, -0.2) is 58.0 Å². The minimum absolute atomic E-state index is 0.109. The number of amides is 2. The standard InChI is InChI=1S/C34H39F3N4O5/c1-19(2)13-28(39-32(44)24-7-5-10-41(34(24)46)12-11-40-8-6-9-40)33(45)38-27(18-29(42)43)25-16-22(17-26(36)31(25)37)30-20(3)14-23(35)15-21(30)4/h5,7,10,14-17,19,27-28H,6,8-9,11-13,18H2,1-4H3,(H,38,45)(H,39,44)(H,42,43)/t27-,28-/m0/s1. The number of carbonyl (C=O) groups is 3. The van der Waals surface area contributed by atoms with Crippen LogP contribution in [0.2, 0.25) is 0 Å². The second-order valence-corrected chi connectivity index (χ2v) is 12.2. The third-order valence-corrected chi connectivity index (χ3v) is 8.11. The van der Waals surface area contributed by atoms with Gasteiger partial charge in [-0.15, -0.1) is 0 Å². The molecule has 0 saturated carbocycles. The maximum absolute atomic E-state index is 15.3. The minimum Gasteiger partial charge on any atom is -0.481 e. The summed E-state index contributed by atoms with van der Waals surface area (Å²) in [6.45, 7) is 9.78. The van der Waals surface area contributed by atoms with Crippen LogP contribution in [0.15, 0.2) is 47.4 Å². The molecule has 246 valence electrons. The molecule has 1 saturated heterocycles. The molecule has 0 bridgehead atoms. The molecule has 1 fully saturated rings. The van der Waals surface area contributed by atoms with Gasteiger partial charge in [-0.1, -0.05) is 13.8 Å². The lowest BCUT2D eigenvalue weighted by molar-refractivity contribution is -0.137. The summed E-state index contributed by atoms with van der Waals surface area (Å²) in [5, 5.41) is 14.7. The summed E-state index contributed by atoms with van der Waals surface area (Å²) in [5.74, 6) is -6.27. The van der Waals surface area contributed by atoms with Gasteiger partial charge in [-0.2, -0.15) is 0 Å². The molecule has 46 heavy (non-hydrogen) atoms. The molecule has 1 aromatic heterocycles. The highest BCUT2D eigenvalue weighted by Gasteiger charge is 2.30. The Labute approximate surface area is 265 Å². The van der Waals surface area contributed by atoms with Gasteiger partial charge in [0.05, 0.1) is 12.5 Å². The number of benzene rings is 2. The molecule has 1 aliphatic heterocycles. The Morgan fingerprint density at radius 2 is 1.65 bits per heavy atom. The van der Waals surface area contributed by atoms with E-state index in [9.17, 15) is 33.1 Å². The van der Waals surface area contributed by atoms with Crippen molar-refractivity contribution in [2.24, 2.45) is 5.92 Å². The van der Waals surface area contributed by atoms with Gasteiger partial charge in [-0.05, 0) is 104 Å². The maximum Gasteiger partial charge on any atom is 0.305 e. The number of nitrogens with zero attached hydrogens (tertiary/aromatic N) is 2. The van der Waals surface area contributed by atoms with E-state index in [4.69, 9.17) is 0 Å². The fraction of sp³-hybridized carbons (Fsp3) is 0.412. The summed E-state index contributed by atoms with van der Waals surface area (Å²) >= 11 is 0. The first-order valence-corrected chi connectivity index (χ1v) is 15.3. The Morgan fingerprint density at radius 1 is 0.978 bits per heavy atom. The zero-order chi connectivity index (χ0) is 33.7. The zero-order valence-electron chi connectivity index (χ0n) is 26.3. The van der Waals surface area contributed by atoms with E-state index in [-0.39, 0.29) is 23.5 Å². The molecule has 0 radical (unpaired) electrons. The van der Waals surface area contributed by atoms with E-state index in [1.54, 1.807) is 40.0 Å². The largest absolute Gasteiger partial charge is 0.481 e. The van der Waals surface area contributed by atoms with E-state index in [1.807, 2.05) is 0 Å². The predicted molar refractivity (Wildman–Crippen MR) is 167 cm³/mol. The van der Waals surface area contributed by atoms with Crippen molar-refractivity contribution < 1.29 is 32.7 Å². The number of halogens is 3. The number of aryl methyl sites for hydroxylation is 2. The van der Waals surface area contributed by atoms with Crippen molar-refractivity contribution in [1.29, 1.82) is 0 Å². The lowest BCUT2D eigenvalue weighted by atomic mass is 9.91. The van der Waals surface area contributed by atoms with Gasteiger partial charge in [-0.3, -0.25) is 19.2 Å². The first-order chi connectivity index (χ1) is 21.7. The Hall–Kier alpha value is -4.45. The Balaban J connectivity index is 1.62. The molecule has 4 rings (SSSR count). The van der Waals surface area contributed by atoms with Crippen LogP contribution in [0.1, 0.15) is 66.2 Å². The summed E-state index contributed by atoms with van der Waals surface area (Å²) in [4.78, 5) is 54.0. The molecule has 1 aliphatic rings. The van der Waals surface area contributed by atoms with Gasteiger partial charge in [0.2, 0.25) is 5.91 Å². The molecule has 3 aromatic rings. The highest BCUT2D eigenvalue weighted by atomic mass is 19.2. The van der Waals surface area contributed by atoms with Gasteiger partial charge in [-0.25, -0.2) is 13.2 Å². The zero-order valence-corrected chi connectivity index (χ0v) is 26.3. The molecule has 0 aliphatic carbocycles. The molecule has 9 nitrogen and oxygen atoms in total. The summed E-state index contributed by atoms with van der Waals surface area (Å²) in [6, 6.07) is 4.84. The van der Waals surface area contributed by atoms with Crippen molar-refractivity contribution >= 4 is 17.8 Å². The van der Waals surface area contributed by atoms with Crippen LogP contribution in [0.25, 0.3) is 11.1 Å². The van der Waals surface area contributed by atoms with E-state index in [1.165, 1.54) is 28.8 Å². The highest BCUT2D eigenvalue weighted by molar-refractivity contribution is 5.97. The average Bonchev–Trinajstić information content (AvgIpc) is 2.93. The Bertz CT molecular complexity index is 1660. The second-order valence-electron chi connectivity index (χ2n) is 12.2. The Morgan fingerprint density at radius 3 is 2.24 bits per heavy atom. The molecule has 12 heteroatoms. The lowest BCUT2D eigenvalue weighted by Crippen LogP contribution is -2.49. The Kier molecular flexibility index (Phi) is 11.0. The summed E-state index contributed by atoms with van der Waals surface area (Å²) in [5.41, 5.74) is 0.410. The fourth-order valence-electron chi connectivity index (χ4n) is 5.74. The number of hydrogen-bond acceptors (Lipinski definition) is 5. The van der Waals surface area contributed by atoms with Crippen LogP contribution in [0.3, 0.4) is 0 Å². The van der Waals surface area contributed by atoms with Gasteiger partial charge in [0.15, 0.2) is 11.6 Å². The van der Waals surface area contributed by atoms with E-state index in [2.05, 4.69) is 15.5 Å². The molecule has 0 unspecified atom stereocenters. The number of aromatic nitrogens is 1. The molecule has 2 aromatic carbocycles. The van der Waals surface area contributed by atoms with Crippen LogP contribution in [0.4, 0.5) is 13.2 Å². The topological polar surface area (TPSA) is 121 Å². The summed E-state index contributed by atoms with van der Waals surface area (Å²) in [7, 11) is 0. The number of carboxylic acid groups (broad SMARTS) is 1. The third-order valence-electron chi connectivity index (χ3n) is 8.11. The number of hydrogen-bond donors (Lipinski definition) is 3. The van der Waals surface area contributed by atoms with Crippen molar-refractivity contribution in [2.45, 2.75) is 65.6 Å². The predicted octanol–water partition coefficient (Wildman–Crippen LogP) is 4.73. The smallest absolute Gasteiger partial charge is 0.305 e. The quantitative estimate of drug-likeness (QED) is 0.249. The van der Waals surface area contributed by atoms with Crippen molar-refractivity contribution in [3.05, 3.63) is 92.7 Å². The molecular formula is C34H39F3N4O5. The van der Waals surface area contributed by atoms with Crippen LogP contribution in [0.5, 0.6) is 0 Å². The SMILES string of the molecule is Cc1cc(F)cc(C)c1-c1cc(F)c(F)c([C@H](CC(=O)O)NC(=O)[C@H](CC(C)C)NC(=O)c2cccn(CCN3CCC3)c2=O)c1. The van der Waals surface area contributed by atoms with Gasteiger partial charge in [0, 0.05) is 24.8 Å². The minimum atomic E-state index is -1.53. The fourth-order valence-corrected chi connectivity index (χ4v) is 5.74. The van der Waals surface area contributed by atoms with Crippen molar-refractivity contribution in [3.8, 4) is 11.1 Å². The van der Waals surface area contributed by atoms with Crippen LogP contribution >= 0.6 is 0 Å².